The van der Waals surface area contributed by atoms with Crippen molar-refractivity contribution < 1.29 is 0 Å². The summed E-state index contributed by atoms with van der Waals surface area (Å²) in [7, 11) is 4.05. The summed E-state index contributed by atoms with van der Waals surface area (Å²) < 4.78 is 1.74. The van der Waals surface area contributed by atoms with Gasteiger partial charge in [-0.15, -0.1) is 5.10 Å². The number of rotatable bonds is 5. The van der Waals surface area contributed by atoms with Crippen molar-refractivity contribution in [3.8, 4) is 0 Å². The molecule has 1 atom stereocenters. The predicted molar refractivity (Wildman–Crippen MR) is 83.5 cm³/mol. The van der Waals surface area contributed by atoms with E-state index in [9.17, 15) is 0 Å². The molecule has 1 heterocycles. The Morgan fingerprint density at radius 3 is 2.70 bits per heavy atom. The minimum atomic E-state index is 0.471. The molecule has 5 nitrogen and oxygen atoms in total. The summed E-state index contributed by atoms with van der Waals surface area (Å²) >= 11 is 5.63. The molecule has 1 aliphatic rings. The first-order chi connectivity index (χ1) is 9.58. The Balaban J connectivity index is 1.82. The number of aromatic nitrogens is 4. The van der Waals surface area contributed by atoms with Crippen molar-refractivity contribution in [3.05, 3.63) is 5.82 Å². The Hall–Kier alpha value is -1.04. The fourth-order valence-corrected chi connectivity index (χ4v) is 3.35. The molecular formula is C14H25N5S. The smallest absolute Gasteiger partial charge is 0.151 e. The first-order valence-corrected chi connectivity index (χ1v) is 7.95. The van der Waals surface area contributed by atoms with Gasteiger partial charge >= 0.3 is 0 Å². The number of nitrogens with zero attached hydrogens (tertiary/aromatic N) is 5. The number of hydrogen-bond acceptors (Lipinski definition) is 4. The van der Waals surface area contributed by atoms with E-state index in [0.717, 1.165) is 23.7 Å². The standard InChI is InChI=1S/C14H25N5S/c1-11(9-13-15-16-17-19(13)3)10-14(20)18(2)12-7-5-4-6-8-12/h11-12H,4-10H2,1-3H3. The van der Waals surface area contributed by atoms with E-state index in [1.807, 2.05) is 7.05 Å². The molecule has 1 saturated carbocycles. The van der Waals surface area contributed by atoms with E-state index in [2.05, 4.69) is 34.4 Å². The minimum absolute atomic E-state index is 0.471. The first kappa shape index (κ1) is 15.4. The Morgan fingerprint density at radius 1 is 1.40 bits per heavy atom. The van der Waals surface area contributed by atoms with Crippen molar-refractivity contribution in [1.29, 1.82) is 0 Å². The molecule has 1 aliphatic carbocycles. The van der Waals surface area contributed by atoms with Crippen molar-refractivity contribution in [2.24, 2.45) is 13.0 Å². The third-order valence-corrected chi connectivity index (χ3v) is 4.73. The fourth-order valence-electron chi connectivity index (χ4n) is 2.92. The third kappa shape index (κ3) is 3.98. The van der Waals surface area contributed by atoms with Gasteiger partial charge in [0.2, 0.25) is 0 Å². The SMILES string of the molecule is CC(CC(=S)N(C)C1CCCCC1)Cc1nnnn1C. The monoisotopic (exact) mass is 295 g/mol. The van der Waals surface area contributed by atoms with Gasteiger partial charge in [-0.2, -0.15) is 0 Å². The molecule has 1 unspecified atom stereocenters. The van der Waals surface area contributed by atoms with Crippen LogP contribution in [0.4, 0.5) is 0 Å². The maximum Gasteiger partial charge on any atom is 0.151 e. The van der Waals surface area contributed by atoms with Gasteiger partial charge in [-0.25, -0.2) is 4.68 Å². The summed E-state index contributed by atoms with van der Waals surface area (Å²) in [5, 5.41) is 11.6. The van der Waals surface area contributed by atoms with Crippen LogP contribution < -0.4 is 0 Å². The van der Waals surface area contributed by atoms with Gasteiger partial charge in [0, 0.05) is 33.0 Å². The third-order valence-electron chi connectivity index (χ3n) is 4.28. The number of aryl methyl sites for hydroxylation is 1. The summed E-state index contributed by atoms with van der Waals surface area (Å²) in [4.78, 5) is 3.42. The van der Waals surface area contributed by atoms with Crippen molar-refractivity contribution in [2.75, 3.05) is 7.05 Å². The summed E-state index contributed by atoms with van der Waals surface area (Å²) in [6.07, 6.45) is 8.47. The van der Waals surface area contributed by atoms with Gasteiger partial charge in [0.25, 0.3) is 0 Å². The largest absolute Gasteiger partial charge is 0.366 e. The van der Waals surface area contributed by atoms with Gasteiger partial charge in [0.15, 0.2) is 5.82 Å². The topological polar surface area (TPSA) is 46.8 Å². The van der Waals surface area contributed by atoms with Crippen LogP contribution >= 0.6 is 12.2 Å². The second-order valence-corrected chi connectivity index (χ2v) is 6.50. The molecule has 112 valence electrons. The summed E-state index contributed by atoms with van der Waals surface area (Å²) in [6, 6.07) is 0.653. The van der Waals surface area contributed by atoms with E-state index in [1.54, 1.807) is 4.68 Å². The maximum atomic E-state index is 5.63. The van der Waals surface area contributed by atoms with Crippen LogP contribution in [0.5, 0.6) is 0 Å². The zero-order valence-corrected chi connectivity index (χ0v) is 13.6. The summed E-state index contributed by atoms with van der Waals surface area (Å²) in [5.41, 5.74) is 0. The predicted octanol–water partition coefficient (Wildman–Crippen LogP) is 2.37. The van der Waals surface area contributed by atoms with Gasteiger partial charge in [-0.3, -0.25) is 0 Å². The van der Waals surface area contributed by atoms with Gasteiger partial charge in [-0.1, -0.05) is 38.4 Å². The van der Waals surface area contributed by atoms with Gasteiger partial charge in [0.05, 0.1) is 4.99 Å². The molecule has 6 heteroatoms. The number of tetrazole rings is 1. The molecular weight excluding hydrogens is 270 g/mol. The highest BCUT2D eigenvalue weighted by molar-refractivity contribution is 7.80. The van der Waals surface area contributed by atoms with E-state index in [-0.39, 0.29) is 0 Å². The molecule has 1 aromatic heterocycles. The molecule has 0 aliphatic heterocycles. The van der Waals surface area contributed by atoms with E-state index in [1.165, 1.54) is 32.1 Å². The molecule has 0 bridgehead atoms. The van der Waals surface area contributed by atoms with Crippen LogP contribution in [0.2, 0.25) is 0 Å². The number of thiocarbonyl (C=S) groups is 1. The Labute approximate surface area is 126 Å². The van der Waals surface area contributed by atoms with E-state index in [4.69, 9.17) is 12.2 Å². The van der Waals surface area contributed by atoms with Crippen LogP contribution in [0.15, 0.2) is 0 Å². The quantitative estimate of drug-likeness (QED) is 0.781. The zero-order chi connectivity index (χ0) is 14.5. The second-order valence-electron chi connectivity index (χ2n) is 6.03. The summed E-state index contributed by atoms with van der Waals surface area (Å²) in [5.74, 6) is 1.40. The molecule has 0 N–H and O–H groups in total. The van der Waals surface area contributed by atoms with Crippen molar-refractivity contribution in [2.45, 2.75) is 57.9 Å². The highest BCUT2D eigenvalue weighted by Gasteiger charge is 2.21. The molecule has 0 radical (unpaired) electrons. The lowest BCUT2D eigenvalue weighted by Crippen LogP contribution is -2.38. The second kappa shape index (κ2) is 7.11. The van der Waals surface area contributed by atoms with Gasteiger partial charge < -0.3 is 4.90 Å². The van der Waals surface area contributed by atoms with Crippen molar-refractivity contribution >= 4 is 17.2 Å². The van der Waals surface area contributed by atoms with Gasteiger partial charge in [-0.05, 0) is 29.2 Å². The normalized spacial score (nSPS) is 17.9. The van der Waals surface area contributed by atoms with E-state index in [0.29, 0.717) is 12.0 Å². The molecule has 0 amide bonds. The Kier molecular flexibility index (Phi) is 5.46. The molecule has 0 saturated heterocycles. The fraction of sp³-hybridized carbons (Fsp3) is 0.857. The molecule has 20 heavy (non-hydrogen) atoms. The lowest BCUT2D eigenvalue weighted by Gasteiger charge is -2.33. The van der Waals surface area contributed by atoms with Crippen LogP contribution in [0, 0.1) is 5.92 Å². The van der Waals surface area contributed by atoms with Crippen LogP contribution in [0.1, 0.15) is 51.3 Å². The average molecular weight is 295 g/mol. The first-order valence-electron chi connectivity index (χ1n) is 7.55. The van der Waals surface area contributed by atoms with Crippen LogP contribution in [-0.2, 0) is 13.5 Å². The lowest BCUT2D eigenvalue weighted by molar-refractivity contribution is 0.276. The van der Waals surface area contributed by atoms with Gasteiger partial charge in [0.1, 0.15) is 0 Å². The highest BCUT2D eigenvalue weighted by atomic mass is 32.1. The highest BCUT2D eigenvalue weighted by Crippen LogP contribution is 2.23. The molecule has 1 fully saturated rings. The molecule has 2 rings (SSSR count). The van der Waals surface area contributed by atoms with E-state index < -0.39 is 0 Å². The Bertz CT molecular complexity index is 439. The minimum Gasteiger partial charge on any atom is -0.366 e. The lowest BCUT2D eigenvalue weighted by atomic mass is 9.94. The molecule has 1 aromatic rings. The van der Waals surface area contributed by atoms with Crippen LogP contribution in [0.25, 0.3) is 0 Å². The maximum absolute atomic E-state index is 5.63. The summed E-state index contributed by atoms with van der Waals surface area (Å²) in [6.45, 7) is 2.22. The molecule has 0 aromatic carbocycles. The van der Waals surface area contributed by atoms with Crippen molar-refractivity contribution in [3.63, 3.8) is 0 Å². The van der Waals surface area contributed by atoms with Crippen LogP contribution in [0.3, 0.4) is 0 Å². The molecule has 0 spiro atoms. The average Bonchev–Trinajstić information content (AvgIpc) is 2.84. The zero-order valence-electron chi connectivity index (χ0n) is 12.7. The van der Waals surface area contributed by atoms with E-state index >= 15 is 0 Å². The van der Waals surface area contributed by atoms with Crippen LogP contribution in [-0.4, -0.2) is 43.2 Å². The van der Waals surface area contributed by atoms with Crippen molar-refractivity contribution in [1.82, 2.24) is 25.1 Å². The Morgan fingerprint density at radius 2 is 2.10 bits per heavy atom. The number of hydrogen-bond donors (Lipinski definition) is 0.